The minimum atomic E-state index is 0.155. The second kappa shape index (κ2) is 8.31. The van der Waals surface area contributed by atoms with Gasteiger partial charge < -0.3 is 15.0 Å². The Morgan fingerprint density at radius 2 is 2.04 bits per heavy atom. The smallest absolute Gasteiger partial charge is 0.236 e. The quantitative estimate of drug-likeness (QED) is 0.862. The van der Waals surface area contributed by atoms with Gasteiger partial charge in [-0.1, -0.05) is 6.07 Å². The van der Waals surface area contributed by atoms with Crippen LogP contribution in [0.2, 0.25) is 0 Å². The number of rotatable bonds is 6. The van der Waals surface area contributed by atoms with Gasteiger partial charge in [-0.3, -0.25) is 9.69 Å². The van der Waals surface area contributed by atoms with Crippen molar-refractivity contribution in [2.45, 2.75) is 26.8 Å². The Labute approximate surface area is 139 Å². The number of hydrogen-bond acceptors (Lipinski definition) is 4. The number of nitrogens with zero attached hydrogens (tertiary/aromatic N) is 2. The van der Waals surface area contributed by atoms with Gasteiger partial charge in [0.15, 0.2) is 0 Å². The molecule has 23 heavy (non-hydrogen) atoms. The predicted molar refractivity (Wildman–Crippen MR) is 93.0 cm³/mol. The third kappa shape index (κ3) is 5.52. The Kier molecular flexibility index (Phi) is 6.42. The SMILES string of the molecule is Cc1cc(C)cc(OCCN(C)C(=O)CN2CCNC[C@H]2C)c1. The number of ether oxygens (including phenoxy) is 1. The fourth-order valence-corrected chi connectivity index (χ4v) is 2.85. The van der Waals surface area contributed by atoms with Crippen molar-refractivity contribution in [2.24, 2.45) is 0 Å². The van der Waals surface area contributed by atoms with E-state index < -0.39 is 0 Å². The molecule has 1 N–H and O–H groups in total. The number of carbonyl (C=O) groups excluding carboxylic acids is 1. The Morgan fingerprint density at radius 3 is 2.70 bits per heavy atom. The third-order valence-electron chi connectivity index (χ3n) is 4.29. The summed E-state index contributed by atoms with van der Waals surface area (Å²) in [4.78, 5) is 16.3. The number of carbonyl (C=O) groups is 1. The second-order valence-corrected chi connectivity index (χ2v) is 6.51. The van der Waals surface area contributed by atoms with Gasteiger partial charge in [-0.15, -0.1) is 0 Å². The number of nitrogens with one attached hydrogen (secondary N) is 1. The van der Waals surface area contributed by atoms with Crippen LogP contribution in [-0.4, -0.2) is 68.1 Å². The van der Waals surface area contributed by atoms with Crippen molar-refractivity contribution >= 4 is 5.91 Å². The van der Waals surface area contributed by atoms with E-state index in [9.17, 15) is 4.79 Å². The van der Waals surface area contributed by atoms with Crippen LogP contribution in [0.4, 0.5) is 0 Å². The summed E-state index contributed by atoms with van der Waals surface area (Å²) in [5.41, 5.74) is 2.38. The Hall–Kier alpha value is -1.59. The molecule has 5 heteroatoms. The minimum Gasteiger partial charge on any atom is -0.492 e. The highest BCUT2D eigenvalue weighted by molar-refractivity contribution is 5.78. The molecule has 0 saturated carbocycles. The summed E-state index contributed by atoms with van der Waals surface area (Å²) >= 11 is 0. The van der Waals surface area contributed by atoms with Crippen molar-refractivity contribution in [1.29, 1.82) is 0 Å². The molecule has 1 aliphatic rings. The number of benzene rings is 1. The Morgan fingerprint density at radius 1 is 1.35 bits per heavy atom. The molecule has 0 aliphatic carbocycles. The molecule has 128 valence electrons. The minimum absolute atomic E-state index is 0.155. The molecular formula is C18H29N3O2. The first-order valence-corrected chi connectivity index (χ1v) is 8.35. The van der Waals surface area contributed by atoms with E-state index in [1.807, 2.05) is 19.2 Å². The van der Waals surface area contributed by atoms with Crippen LogP contribution in [0.15, 0.2) is 18.2 Å². The molecule has 1 fully saturated rings. The summed E-state index contributed by atoms with van der Waals surface area (Å²) < 4.78 is 5.78. The fraction of sp³-hybridized carbons (Fsp3) is 0.611. The largest absolute Gasteiger partial charge is 0.492 e. The van der Waals surface area contributed by atoms with E-state index in [1.165, 1.54) is 11.1 Å². The van der Waals surface area contributed by atoms with Crippen molar-refractivity contribution in [3.8, 4) is 5.75 Å². The van der Waals surface area contributed by atoms with Crippen LogP contribution in [0, 0.1) is 13.8 Å². The van der Waals surface area contributed by atoms with Crippen molar-refractivity contribution in [2.75, 3.05) is 46.4 Å². The molecule has 1 aromatic rings. The van der Waals surface area contributed by atoms with Crippen molar-refractivity contribution in [3.63, 3.8) is 0 Å². The van der Waals surface area contributed by atoms with Crippen LogP contribution in [0.1, 0.15) is 18.1 Å². The maximum Gasteiger partial charge on any atom is 0.236 e. The summed E-state index contributed by atoms with van der Waals surface area (Å²) in [6, 6.07) is 6.58. The Bertz CT molecular complexity index is 513. The van der Waals surface area contributed by atoms with Crippen LogP contribution in [0.5, 0.6) is 5.75 Å². The summed E-state index contributed by atoms with van der Waals surface area (Å²) in [7, 11) is 1.85. The summed E-state index contributed by atoms with van der Waals surface area (Å²) in [5.74, 6) is 1.03. The van der Waals surface area contributed by atoms with Gasteiger partial charge in [0.2, 0.25) is 5.91 Å². The van der Waals surface area contributed by atoms with Crippen molar-refractivity contribution in [1.82, 2.24) is 15.1 Å². The maximum absolute atomic E-state index is 12.3. The lowest BCUT2D eigenvalue weighted by Gasteiger charge is -2.34. The fourth-order valence-electron chi connectivity index (χ4n) is 2.85. The molecule has 1 heterocycles. The van der Waals surface area contributed by atoms with Gasteiger partial charge in [-0.2, -0.15) is 0 Å². The molecule has 0 unspecified atom stereocenters. The Balaban J connectivity index is 1.75. The van der Waals surface area contributed by atoms with Crippen LogP contribution in [0.25, 0.3) is 0 Å². The molecule has 1 saturated heterocycles. The number of piperazine rings is 1. The van der Waals surface area contributed by atoms with Crippen molar-refractivity contribution < 1.29 is 9.53 Å². The summed E-state index contributed by atoms with van der Waals surface area (Å²) in [6.45, 7) is 10.7. The van der Waals surface area contributed by atoms with E-state index >= 15 is 0 Å². The molecular weight excluding hydrogens is 290 g/mol. The van der Waals surface area contributed by atoms with Gasteiger partial charge in [0, 0.05) is 32.7 Å². The number of aryl methyl sites for hydroxylation is 2. The molecule has 1 aliphatic heterocycles. The molecule has 1 aromatic carbocycles. The number of likely N-dealkylation sites (N-methyl/N-ethyl adjacent to an activating group) is 1. The average Bonchev–Trinajstić information content (AvgIpc) is 2.48. The summed E-state index contributed by atoms with van der Waals surface area (Å²) in [6.07, 6.45) is 0. The van der Waals surface area contributed by atoms with Crippen LogP contribution < -0.4 is 10.1 Å². The highest BCUT2D eigenvalue weighted by Gasteiger charge is 2.21. The van der Waals surface area contributed by atoms with E-state index in [0.717, 1.165) is 25.4 Å². The van der Waals surface area contributed by atoms with E-state index in [1.54, 1.807) is 4.90 Å². The second-order valence-electron chi connectivity index (χ2n) is 6.51. The third-order valence-corrected chi connectivity index (χ3v) is 4.29. The first-order valence-electron chi connectivity index (χ1n) is 8.35. The van der Waals surface area contributed by atoms with Crippen molar-refractivity contribution in [3.05, 3.63) is 29.3 Å². The molecule has 0 spiro atoms. The molecule has 1 atom stereocenters. The zero-order chi connectivity index (χ0) is 16.8. The molecule has 0 aromatic heterocycles. The normalized spacial score (nSPS) is 18.7. The zero-order valence-electron chi connectivity index (χ0n) is 14.8. The predicted octanol–water partition coefficient (Wildman–Crippen LogP) is 1.43. The van der Waals surface area contributed by atoms with E-state index in [2.05, 4.69) is 37.1 Å². The average molecular weight is 319 g/mol. The first kappa shape index (κ1) is 17.8. The highest BCUT2D eigenvalue weighted by atomic mass is 16.5. The van der Waals surface area contributed by atoms with E-state index in [4.69, 9.17) is 4.74 Å². The van der Waals surface area contributed by atoms with Gasteiger partial charge in [0.25, 0.3) is 0 Å². The van der Waals surface area contributed by atoms with E-state index in [0.29, 0.717) is 25.7 Å². The van der Waals surface area contributed by atoms with Gasteiger partial charge in [-0.05, 0) is 44.0 Å². The van der Waals surface area contributed by atoms with Gasteiger partial charge >= 0.3 is 0 Å². The highest BCUT2D eigenvalue weighted by Crippen LogP contribution is 2.16. The monoisotopic (exact) mass is 319 g/mol. The lowest BCUT2D eigenvalue weighted by Crippen LogP contribution is -2.53. The van der Waals surface area contributed by atoms with Crippen LogP contribution in [-0.2, 0) is 4.79 Å². The lowest BCUT2D eigenvalue weighted by atomic mass is 10.1. The number of amides is 1. The topological polar surface area (TPSA) is 44.8 Å². The first-order chi connectivity index (χ1) is 11.0. The van der Waals surface area contributed by atoms with E-state index in [-0.39, 0.29) is 5.91 Å². The number of hydrogen-bond donors (Lipinski definition) is 1. The molecule has 5 nitrogen and oxygen atoms in total. The van der Waals surface area contributed by atoms with Crippen LogP contribution >= 0.6 is 0 Å². The zero-order valence-corrected chi connectivity index (χ0v) is 14.8. The molecule has 1 amide bonds. The standard InChI is InChI=1S/C18H29N3O2/c1-14-9-15(2)11-17(10-14)23-8-7-20(4)18(22)13-21-6-5-19-12-16(21)3/h9-11,16,19H,5-8,12-13H2,1-4H3/t16-/m1/s1. The van der Waals surface area contributed by atoms with Gasteiger partial charge in [0.1, 0.15) is 12.4 Å². The lowest BCUT2D eigenvalue weighted by molar-refractivity contribution is -0.132. The van der Waals surface area contributed by atoms with Gasteiger partial charge in [0.05, 0.1) is 13.1 Å². The molecule has 0 radical (unpaired) electrons. The van der Waals surface area contributed by atoms with Crippen LogP contribution in [0.3, 0.4) is 0 Å². The molecule has 2 rings (SSSR count). The maximum atomic E-state index is 12.3. The molecule has 0 bridgehead atoms. The summed E-state index contributed by atoms with van der Waals surface area (Å²) in [5, 5.41) is 3.34. The van der Waals surface area contributed by atoms with Gasteiger partial charge in [-0.25, -0.2) is 0 Å².